The average molecular weight is 757 g/mol. The first-order valence-electron chi connectivity index (χ1n) is 20.6. The van der Waals surface area contributed by atoms with Gasteiger partial charge in [0.2, 0.25) is 0 Å². The minimum absolute atomic E-state index is 0.454. The lowest BCUT2D eigenvalue weighted by Gasteiger charge is -2.33. The summed E-state index contributed by atoms with van der Waals surface area (Å²) in [6.07, 6.45) is 15.2. The highest BCUT2D eigenvalue weighted by Crippen LogP contribution is 2.62. The van der Waals surface area contributed by atoms with E-state index < -0.39 is 5.41 Å². The lowest BCUT2D eigenvalue weighted by atomic mass is 9.70. The van der Waals surface area contributed by atoms with Crippen molar-refractivity contribution in [3.63, 3.8) is 0 Å². The van der Waals surface area contributed by atoms with Gasteiger partial charge in [-0.3, -0.25) is 0 Å². The van der Waals surface area contributed by atoms with Gasteiger partial charge < -0.3 is 13.9 Å². The summed E-state index contributed by atoms with van der Waals surface area (Å²) in [6.45, 7) is 6.35. The minimum atomic E-state index is -0.454. The summed E-state index contributed by atoms with van der Waals surface area (Å²) in [5.74, 6) is 0. The van der Waals surface area contributed by atoms with Crippen LogP contribution in [0.3, 0.4) is 0 Å². The number of rotatable bonds is 6. The summed E-state index contributed by atoms with van der Waals surface area (Å²) in [7, 11) is 0. The van der Waals surface area contributed by atoms with Crippen molar-refractivity contribution < 1.29 is 4.42 Å². The first-order chi connectivity index (χ1) is 29.1. The maximum absolute atomic E-state index is 6.55. The molecular weight excluding hydrogens is 717 g/mol. The summed E-state index contributed by atoms with van der Waals surface area (Å²) >= 11 is 0. The summed E-state index contributed by atoms with van der Waals surface area (Å²) in [5.41, 5.74) is 18.5. The first-order valence-corrected chi connectivity index (χ1v) is 20.6. The van der Waals surface area contributed by atoms with Crippen LogP contribution in [0, 0.1) is 0 Å². The van der Waals surface area contributed by atoms with E-state index in [0.29, 0.717) is 0 Å². The van der Waals surface area contributed by atoms with Gasteiger partial charge in [0.05, 0.1) is 16.4 Å². The van der Waals surface area contributed by atoms with Crippen LogP contribution in [0.15, 0.2) is 205 Å². The van der Waals surface area contributed by atoms with Crippen molar-refractivity contribution in [2.75, 3.05) is 4.90 Å². The van der Waals surface area contributed by atoms with E-state index in [1.165, 1.54) is 72.0 Å². The van der Waals surface area contributed by atoms with Gasteiger partial charge in [-0.2, -0.15) is 0 Å². The van der Waals surface area contributed by atoms with E-state index in [9.17, 15) is 0 Å². The van der Waals surface area contributed by atoms with Gasteiger partial charge in [-0.25, -0.2) is 0 Å². The molecule has 2 heterocycles. The Morgan fingerprint density at radius 3 is 2.07 bits per heavy atom. The van der Waals surface area contributed by atoms with Crippen molar-refractivity contribution in [3.8, 4) is 11.1 Å². The fourth-order valence-electron chi connectivity index (χ4n) is 10.6. The predicted octanol–water partition coefficient (Wildman–Crippen LogP) is 15.2. The monoisotopic (exact) mass is 756 g/mol. The van der Waals surface area contributed by atoms with E-state index in [0.717, 1.165) is 51.8 Å². The molecule has 1 spiro atoms. The molecule has 12 rings (SSSR count). The van der Waals surface area contributed by atoms with Crippen LogP contribution < -0.4 is 4.90 Å². The molecule has 3 heteroatoms. The number of para-hydroxylation sites is 2. The van der Waals surface area contributed by atoms with Crippen LogP contribution in [0.25, 0.3) is 66.1 Å². The number of nitrogens with zero attached hydrogens (tertiary/aromatic N) is 2. The highest BCUT2D eigenvalue weighted by Gasteiger charge is 2.51. The molecule has 3 aliphatic carbocycles. The number of fused-ring (bicyclic) bond motifs is 13. The maximum atomic E-state index is 6.55. The first kappa shape index (κ1) is 33.7. The van der Waals surface area contributed by atoms with Crippen molar-refractivity contribution in [1.82, 2.24) is 4.57 Å². The van der Waals surface area contributed by atoms with Gasteiger partial charge in [-0.15, -0.1) is 0 Å². The van der Waals surface area contributed by atoms with E-state index in [2.05, 4.69) is 199 Å². The average Bonchev–Trinajstić information content (AvgIpc) is 3.99. The molecule has 0 saturated carbocycles. The van der Waals surface area contributed by atoms with E-state index in [1.54, 1.807) is 0 Å². The summed E-state index contributed by atoms with van der Waals surface area (Å²) in [4.78, 5) is 2.43. The number of anilines is 3. The maximum Gasteiger partial charge on any atom is 0.137 e. The SMILES string of the molecule is C=C/C=C\C1=C(C)C2(c3ccccc31)c1ccccc1-c1ccc(N(c3ccc4c(c3)oc3ccccc34)c3ccc4c5ccccc5n(C5=CCCC=C5)c4c3)cc12. The Labute approximate surface area is 343 Å². The minimum Gasteiger partial charge on any atom is -0.456 e. The molecule has 0 fully saturated rings. The third kappa shape index (κ3) is 4.70. The van der Waals surface area contributed by atoms with Gasteiger partial charge in [0.1, 0.15) is 11.2 Å². The molecule has 3 nitrogen and oxygen atoms in total. The standard InChI is InChI=1S/C56H40N2O/c1-3-4-18-41-36(2)56(49-23-12-8-19-42(41)49)50-24-13-9-20-43(50)44-30-27-38(33-51(44)56)57(40-29-32-48-47-22-11-15-26-54(47)59-55(48)35-40)39-28-31-46-45-21-10-14-25-52(45)58(53(46)34-39)37-16-6-5-7-17-37/h3-4,6,8-35H,1,5,7H2,2H3/b18-4-. The number of allylic oxidation sites excluding steroid dienone is 9. The molecule has 0 bridgehead atoms. The zero-order valence-corrected chi connectivity index (χ0v) is 32.8. The van der Waals surface area contributed by atoms with Crippen LogP contribution in [0.5, 0.6) is 0 Å². The van der Waals surface area contributed by atoms with Gasteiger partial charge in [0.25, 0.3) is 0 Å². The third-order valence-corrected chi connectivity index (χ3v) is 13.0. The predicted molar refractivity (Wildman–Crippen MR) is 248 cm³/mol. The molecule has 7 aromatic carbocycles. The van der Waals surface area contributed by atoms with Crippen molar-refractivity contribution in [3.05, 3.63) is 223 Å². The Balaban J connectivity index is 1.14. The van der Waals surface area contributed by atoms with Crippen LogP contribution >= 0.6 is 0 Å². The highest BCUT2D eigenvalue weighted by atomic mass is 16.3. The van der Waals surface area contributed by atoms with Crippen molar-refractivity contribution >= 4 is 72.1 Å². The molecule has 0 N–H and O–H groups in total. The normalized spacial score (nSPS) is 16.8. The molecule has 59 heavy (non-hydrogen) atoms. The molecule has 0 radical (unpaired) electrons. The second-order valence-corrected chi connectivity index (χ2v) is 16.0. The quantitative estimate of drug-likeness (QED) is 0.158. The van der Waals surface area contributed by atoms with Crippen LogP contribution in [0.1, 0.15) is 42.0 Å². The van der Waals surface area contributed by atoms with E-state index in [-0.39, 0.29) is 0 Å². The molecule has 9 aromatic rings. The zero-order valence-electron chi connectivity index (χ0n) is 32.8. The second kappa shape index (κ2) is 12.8. The summed E-state index contributed by atoms with van der Waals surface area (Å²) < 4.78 is 8.99. The Hall–Kier alpha value is -7.36. The lowest BCUT2D eigenvalue weighted by molar-refractivity contribution is 0.669. The van der Waals surface area contributed by atoms with E-state index in [1.807, 2.05) is 12.1 Å². The zero-order chi connectivity index (χ0) is 39.2. The highest BCUT2D eigenvalue weighted by molar-refractivity contribution is 6.12. The number of hydrogen-bond acceptors (Lipinski definition) is 2. The van der Waals surface area contributed by atoms with Gasteiger partial charge in [-0.1, -0.05) is 134 Å². The number of furan rings is 1. The van der Waals surface area contributed by atoms with Crippen LogP contribution in [0.4, 0.5) is 17.1 Å². The van der Waals surface area contributed by atoms with E-state index in [4.69, 9.17) is 4.42 Å². The van der Waals surface area contributed by atoms with Crippen LogP contribution in [-0.2, 0) is 5.41 Å². The number of aromatic nitrogens is 1. The van der Waals surface area contributed by atoms with E-state index >= 15 is 0 Å². The van der Waals surface area contributed by atoms with Crippen LogP contribution in [0.2, 0.25) is 0 Å². The lowest BCUT2D eigenvalue weighted by Crippen LogP contribution is -2.26. The molecule has 0 saturated heterocycles. The molecule has 1 unspecified atom stereocenters. The van der Waals surface area contributed by atoms with Gasteiger partial charge in [-0.05, 0) is 119 Å². The largest absolute Gasteiger partial charge is 0.456 e. The number of benzene rings is 7. The summed E-state index contributed by atoms with van der Waals surface area (Å²) in [5, 5.41) is 4.73. The Kier molecular flexibility index (Phi) is 7.34. The molecule has 0 amide bonds. The molecular formula is C56H40N2O. The molecule has 280 valence electrons. The molecule has 2 aromatic heterocycles. The van der Waals surface area contributed by atoms with Crippen molar-refractivity contribution in [2.45, 2.75) is 25.2 Å². The van der Waals surface area contributed by atoms with Crippen molar-refractivity contribution in [2.24, 2.45) is 0 Å². The molecule has 1 atom stereocenters. The number of hydrogen-bond donors (Lipinski definition) is 0. The van der Waals surface area contributed by atoms with Crippen molar-refractivity contribution in [1.29, 1.82) is 0 Å². The Morgan fingerprint density at radius 1 is 0.593 bits per heavy atom. The molecule has 3 aliphatic rings. The fraction of sp³-hybridized carbons (Fsp3) is 0.0714. The Bertz CT molecular complexity index is 3380. The topological polar surface area (TPSA) is 21.3 Å². The summed E-state index contributed by atoms with van der Waals surface area (Å²) in [6, 6.07) is 55.9. The third-order valence-electron chi connectivity index (χ3n) is 13.0. The van der Waals surface area contributed by atoms with Gasteiger partial charge >= 0.3 is 0 Å². The second-order valence-electron chi connectivity index (χ2n) is 16.0. The fourth-order valence-corrected chi connectivity index (χ4v) is 10.6. The van der Waals surface area contributed by atoms with Gasteiger partial charge in [0, 0.05) is 50.4 Å². The van der Waals surface area contributed by atoms with Crippen LogP contribution in [-0.4, -0.2) is 4.57 Å². The Morgan fingerprint density at radius 2 is 1.24 bits per heavy atom. The molecule has 0 aliphatic heterocycles. The smallest absolute Gasteiger partial charge is 0.137 e. The van der Waals surface area contributed by atoms with Gasteiger partial charge in [0.15, 0.2) is 0 Å².